The molecule has 0 saturated carbocycles. The van der Waals surface area contributed by atoms with E-state index in [0.29, 0.717) is 11.3 Å². The van der Waals surface area contributed by atoms with E-state index < -0.39 is 28.0 Å². The number of amides is 1. The molecule has 0 aliphatic rings. The summed E-state index contributed by atoms with van der Waals surface area (Å²) in [5.41, 5.74) is 0.877. The molecule has 2 aromatic carbocycles. The molecule has 0 aliphatic heterocycles. The zero-order chi connectivity index (χ0) is 21.4. The van der Waals surface area contributed by atoms with Crippen LogP contribution in [0.1, 0.15) is 22.8 Å². The van der Waals surface area contributed by atoms with Gasteiger partial charge in [-0.1, -0.05) is 12.1 Å². The van der Waals surface area contributed by atoms with Crippen LogP contribution in [0, 0.1) is 11.3 Å². The number of ether oxygens (including phenoxy) is 1. The first kappa shape index (κ1) is 21.8. The molecule has 0 heterocycles. The van der Waals surface area contributed by atoms with E-state index in [2.05, 4.69) is 16.6 Å². The number of benzene rings is 2. The SMILES string of the molecule is C=CCNS(=O)(=O)c1cccc(C(=O)O[C@H](C)C(=O)Nc2ccc(C#N)cc2)c1. The minimum Gasteiger partial charge on any atom is -0.449 e. The third kappa shape index (κ3) is 6.00. The Morgan fingerprint density at radius 3 is 2.55 bits per heavy atom. The molecular formula is C20H19N3O5S. The van der Waals surface area contributed by atoms with E-state index in [1.165, 1.54) is 37.3 Å². The van der Waals surface area contributed by atoms with Crippen LogP contribution in [0.4, 0.5) is 5.69 Å². The van der Waals surface area contributed by atoms with Gasteiger partial charge in [-0.25, -0.2) is 17.9 Å². The fourth-order valence-corrected chi connectivity index (χ4v) is 3.24. The first-order valence-corrected chi connectivity index (χ1v) is 9.98. The molecule has 9 heteroatoms. The van der Waals surface area contributed by atoms with Gasteiger partial charge in [-0.2, -0.15) is 5.26 Å². The fourth-order valence-electron chi connectivity index (χ4n) is 2.20. The number of nitrogens with one attached hydrogen (secondary N) is 2. The van der Waals surface area contributed by atoms with Gasteiger partial charge in [0.1, 0.15) is 0 Å². The van der Waals surface area contributed by atoms with E-state index >= 15 is 0 Å². The maximum atomic E-state index is 12.3. The third-order valence-electron chi connectivity index (χ3n) is 3.73. The topological polar surface area (TPSA) is 125 Å². The molecule has 0 bridgehead atoms. The first-order chi connectivity index (χ1) is 13.8. The molecule has 0 aliphatic carbocycles. The summed E-state index contributed by atoms with van der Waals surface area (Å²) in [4.78, 5) is 24.4. The molecule has 150 valence electrons. The maximum absolute atomic E-state index is 12.3. The number of carbonyl (C=O) groups is 2. The molecule has 1 atom stereocenters. The van der Waals surface area contributed by atoms with Gasteiger partial charge in [0.05, 0.1) is 22.1 Å². The van der Waals surface area contributed by atoms with Crippen LogP contribution >= 0.6 is 0 Å². The molecule has 0 unspecified atom stereocenters. The lowest BCUT2D eigenvalue weighted by atomic mass is 10.2. The van der Waals surface area contributed by atoms with E-state index in [9.17, 15) is 18.0 Å². The van der Waals surface area contributed by atoms with Gasteiger partial charge in [0.2, 0.25) is 10.0 Å². The molecular weight excluding hydrogens is 394 g/mol. The van der Waals surface area contributed by atoms with E-state index in [-0.39, 0.29) is 17.0 Å². The molecule has 0 fully saturated rings. The quantitative estimate of drug-likeness (QED) is 0.505. The Balaban J connectivity index is 2.05. The van der Waals surface area contributed by atoms with Gasteiger partial charge in [0.15, 0.2) is 6.10 Å². The zero-order valence-corrected chi connectivity index (χ0v) is 16.4. The van der Waals surface area contributed by atoms with Gasteiger partial charge in [0, 0.05) is 12.2 Å². The Hall–Kier alpha value is -3.48. The Morgan fingerprint density at radius 2 is 1.93 bits per heavy atom. The van der Waals surface area contributed by atoms with Gasteiger partial charge < -0.3 is 10.1 Å². The highest BCUT2D eigenvalue weighted by atomic mass is 32.2. The summed E-state index contributed by atoms with van der Waals surface area (Å²) >= 11 is 0. The van der Waals surface area contributed by atoms with Gasteiger partial charge in [-0.15, -0.1) is 6.58 Å². The Labute approximate surface area is 168 Å². The van der Waals surface area contributed by atoms with Gasteiger partial charge >= 0.3 is 5.97 Å². The Morgan fingerprint density at radius 1 is 1.24 bits per heavy atom. The summed E-state index contributed by atoms with van der Waals surface area (Å²) in [5, 5.41) is 11.3. The highest BCUT2D eigenvalue weighted by Gasteiger charge is 2.21. The molecule has 0 spiro atoms. The van der Waals surface area contributed by atoms with E-state index in [1.807, 2.05) is 6.07 Å². The largest absolute Gasteiger partial charge is 0.449 e. The van der Waals surface area contributed by atoms with Gasteiger partial charge in [-0.3, -0.25) is 4.79 Å². The minimum atomic E-state index is -3.80. The summed E-state index contributed by atoms with van der Waals surface area (Å²) in [6.07, 6.45) is 0.265. The van der Waals surface area contributed by atoms with Crippen LogP contribution in [-0.2, 0) is 19.6 Å². The standard InChI is InChI=1S/C20H19N3O5S/c1-3-11-22-29(26,27)18-6-4-5-16(12-18)20(25)28-14(2)19(24)23-17-9-7-15(13-21)8-10-17/h3-10,12,14,22H,1,11H2,2H3,(H,23,24)/t14-/m1/s1. The monoisotopic (exact) mass is 413 g/mol. The van der Waals surface area contributed by atoms with Crippen molar-refractivity contribution in [2.24, 2.45) is 0 Å². The summed E-state index contributed by atoms with van der Waals surface area (Å²) < 4.78 is 31.7. The Kier molecular flexibility index (Phi) is 7.25. The third-order valence-corrected chi connectivity index (χ3v) is 5.15. The number of nitrogens with zero attached hydrogens (tertiary/aromatic N) is 1. The number of hydrogen-bond donors (Lipinski definition) is 2. The highest BCUT2D eigenvalue weighted by Crippen LogP contribution is 2.14. The second-order valence-electron chi connectivity index (χ2n) is 5.89. The van der Waals surface area contributed by atoms with Crippen LogP contribution in [0.25, 0.3) is 0 Å². The van der Waals surface area contributed by atoms with Gasteiger partial charge in [-0.05, 0) is 49.4 Å². The number of nitriles is 1. The summed E-state index contributed by atoms with van der Waals surface area (Å²) in [6, 6.07) is 13.4. The minimum absolute atomic E-state index is 0.00972. The summed E-state index contributed by atoms with van der Waals surface area (Å²) in [7, 11) is -3.80. The number of anilines is 1. The van der Waals surface area contributed by atoms with Gasteiger partial charge in [0.25, 0.3) is 5.91 Å². The average molecular weight is 413 g/mol. The molecule has 29 heavy (non-hydrogen) atoms. The number of hydrogen-bond acceptors (Lipinski definition) is 6. The predicted molar refractivity (Wildman–Crippen MR) is 106 cm³/mol. The first-order valence-electron chi connectivity index (χ1n) is 8.49. The number of sulfonamides is 1. The van der Waals surface area contributed by atoms with Crippen LogP contribution in [0.15, 0.2) is 66.1 Å². The fraction of sp³-hybridized carbons (Fsp3) is 0.150. The number of rotatable bonds is 8. The highest BCUT2D eigenvalue weighted by molar-refractivity contribution is 7.89. The molecule has 2 N–H and O–H groups in total. The van der Waals surface area contributed by atoms with Crippen LogP contribution < -0.4 is 10.0 Å². The van der Waals surface area contributed by atoms with Crippen molar-refractivity contribution in [1.82, 2.24) is 4.72 Å². The van der Waals surface area contributed by atoms with Crippen molar-refractivity contribution in [3.8, 4) is 6.07 Å². The normalized spacial score (nSPS) is 11.7. The molecule has 2 rings (SSSR count). The van der Waals surface area contributed by atoms with Crippen molar-refractivity contribution in [3.63, 3.8) is 0 Å². The van der Waals surface area contributed by atoms with Crippen LogP contribution in [0.5, 0.6) is 0 Å². The second-order valence-corrected chi connectivity index (χ2v) is 7.66. The Bertz CT molecular complexity index is 1060. The molecule has 8 nitrogen and oxygen atoms in total. The second kappa shape index (κ2) is 9.64. The van der Waals surface area contributed by atoms with Crippen molar-refractivity contribution in [1.29, 1.82) is 5.26 Å². The summed E-state index contributed by atoms with van der Waals surface area (Å²) in [6.45, 7) is 4.87. The summed E-state index contributed by atoms with van der Waals surface area (Å²) in [5.74, 6) is -1.41. The molecule has 0 saturated heterocycles. The van der Waals surface area contributed by atoms with Crippen molar-refractivity contribution < 1.29 is 22.7 Å². The molecule has 2 aromatic rings. The number of esters is 1. The van der Waals surface area contributed by atoms with E-state index in [4.69, 9.17) is 10.00 Å². The average Bonchev–Trinajstić information content (AvgIpc) is 2.72. The van der Waals surface area contributed by atoms with Crippen LogP contribution in [0.2, 0.25) is 0 Å². The number of carbonyl (C=O) groups excluding carboxylic acids is 2. The van der Waals surface area contributed by atoms with Crippen molar-refractivity contribution in [2.45, 2.75) is 17.9 Å². The van der Waals surface area contributed by atoms with E-state index in [1.54, 1.807) is 24.3 Å². The van der Waals surface area contributed by atoms with Crippen molar-refractivity contribution in [3.05, 3.63) is 72.3 Å². The molecule has 0 aromatic heterocycles. The lowest BCUT2D eigenvalue weighted by molar-refractivity contribution is -0.123. The molecule has 1 amide bonds. The smallest absolute Gasteiger partial charge is 0.338 e. The molecule has 0 radical (unpaired) electrons. The lowest BCUT2D eigenvalue weighted by Gasteiger charge is -2.14. The van der Waals surface area contributed by atoms with Crippen molar-refractivity contribution >= 4 is 27.6 Å². The van der Waals surface area contributed by atoms with Crippen molar-refractivity contribution in [2.75, 3.05) is 11.9 Å². The van der Waals surface area contributed by atoms with Crippen LogP contribution in [-0.4, -0.2) is 32.9 Å². The predicted octanol–water partition coefficient (Wildman–Crippen LogP) is 2.21. The lowest BCUT2D eigenvalue weighted by Crippen LogP contribution is -2.30. The van der Waals surface area contributed by atoms with E-state index in [0.717, 1.165) is 0 Å². The van der Waals surface area contributed by atoms with Crippen LogP contribution in [0.3, 0.4) is 0 Å². The maximum Gasteiger partial charge on any atom is 0.338 e. The zero-order valence-electron chi connectivity index (χ0n) is 15.6.